The Morgan fingerprint density at radius 2 is 2.13 bits per heavy atom. The molecule has 1 aromatic rings. The highest BCUT2D eigenvalue weighted by molar-refractivity contribution is 8.08. The summed E-state index contributed by atoms with van der Waals surface area (Å²) in [5, 5.41) is 10.7. The molecule has 0 amide bonds. The number of hydrogen-bond acceptors (Lipinski definition) is 4. The molecule has 0 saturated heterocycles. The van der Waals surface area contributed by atoms with E-state index in [0.717, 1.165) is 0 Å². The Bertz CT molecular complexity index is 400. The lowest BCUT2D eigenvalue weighted by Crippen LogP contribution is -1.98. The molecule has 0 aromatic heterocycles. The van der Waals surface area contributed by atoms with Gasteiger partial charge in [0.15, 0.2) is 10.0 Å². The summed E-state index contributed by atoms with van der Waals surface area (Å²) < 4.78 is 16.0. The van der Waals surface area contributed by atoms with Crippen molar-refractivity contribution in [1.29, 1.82) is 0 Å². The van der Waals surface area contributed by atoms with Gasteiger partial charge in [-0.05, 0) is 29.2 Å². The molecule has 0 radical (unpaired) electrons. The van der Waals surface area contributed by atoms with Gasteiger partial charge in [0, 0.05) is 6.07 Å². The van der Waals surface area contributed by atoms with Gasteiger partial charge in [-0.15, -0.1) is 0 Å². The molecule has 0 aliphatic carbocycles. The van der Waals surface area contributed by atoms with E-state index in [4.69, 9.17) is 15.4 Å². The maximum absolute atomic E-state index is 11.1. The summed E-state index contributed by atoms with van der Waals surface area (Å²) in [4.78, 5) is 10.2. The van der Waals surface area contributed by atoms with Crippen LogP contribution in [0.15, 0.2) is 17.0 Å². The summed E-state index contributed by atoms with van der Waals surface area (Å²) in [7, 11) is 4.84. The SMILES string of the molecule is COc1c([N+](=O)[O-])cc(C)cc1S(=O)Cl. The van der Waals surface area contributed by atoms with E-state index in [-0.39, 0.29) is 16.3 Å². The molecule has 5 nitrogen and oxygen atoms in total. The molecule has 15 heavy (non-hydrogen) atoms. The number of benzene rings is 1. The zero-order valence-electron chi connectivity index (χ0n) is 8.02. The third-order valence-electron chi connectivity index (χ3n) is 1.75. The lowest BCUT2D eigenvalue weighted by Gasteiger charge is -2.06. The third-order valence-corrected chi connectivity index (χ3v) is 2.90. The van der Waals surface area contributed by atoms with Gasteiger partial charge in [-0.25, -0.2) is 4.21 Å². The molecule has 0 fully saturated rings. The Labute approximate surface area is 93.1 Å². The van der Waals surface area contributed by atoms with Crippen LogP contribution >= 0.6 is 10.7 Å². The van der Waals surface area contributed by atoms with Crippen molar-refractivity contribution in [2.24, 2.45) is 0 Å². The van der Waals surface area contributed by atoms with Crippen molar-refractivity contribution in [3.63, 3.8) is 0 Å². The summed E-state index contributed by atoms with van der Waals surface area (Å²) >= 11 is 0. The number of hydrogen-bond donors (Lipinski definition) is 0. The van der Waals surface area contributed by atoms with E-state index >= 15 is 0 Å². The first-order chi connectivity index (χ1) is 6.97. The number of ether oxygens (including phenoxy) is 1. The van der Waals surface area contributed by atoms with Crippen molar-refractivity contribution in [2.45, 2.75) is 11.8 Å². The molecule has 0 saturated carbocycles. The molecule has 82 valence electrons. The van der Waals surface area contributed by atoms with E-state index < -0.39 is 14.9 Å². The fourth-order valence-corrected chi connectivity index (χ4v) is 2.14. The minimum absolute atomic E-state index is 0.0565. The minimum atomic E-state index is -1.83. The van der Waals surface area contributed by atoms with Crippen LogP contribution in [0.3, 0.4) is 0 Å². The van der Waals surface area contributed by atoms with Gasteiger partial charge in [-0.1, -0.05) is 0 Å². The third kappa shape index (κ3) is 2.45. The average molecular weight is 250 g/mol. The summed E-state index contributed by atoms with van der Waals surface area (Å²) in [5.74, 6) is -0.0565. The number of rotatable bonds is 3. The van der Waals surface area contributed by atoms with E-state index in [1.54, 1.807) is 6.92 Å². The van der Waals surface area contributed by atoms with Crippen LogP contribution in [0.2, 0.25) is 0 Å². The Hall–Kier alpha value is -1.14. The van der Waals surface area contributed by atoms with Crippen LogP contribution in [-0.2, 0) is 10.0 Å². The molecule has 1 aromatic carbocycles. The standard InChI is InChI=1S/C8H8ClNO4S/c1-5-3-6(10(11)12)8(14-2)7(4-5)15(9)13/h3-4H,1-2H3. The van der Waals surface area contributed by atoms with E-state index in [9.17, 15) is 14.3 Å². The van der Waals surface area contributed by atoms with Crippen molar-refractivity contribution in [2.75, 3.05) is 7.11 Å². The lowest BCUT2D eigenvalue weighted by molar-refractivity contribution is -0.386. The number of halogens is 1. The highest BCUT2D eigenvalue weighted by Gasteiger charge is 2.22. The van der Waals surface area contributed by atoms with Gasteiger partial charge in [0.1, 0.15) is 4.90 Å². The highest BCUT2D eigenvalue weighted by Crippen LogP contribution is 2.35. The topological polar surface area (TPSA) is 69.4 Å². The fraction of sp³-hybridized carbons (Fsp3) is 0.250. The van der Waals surface area contributed by atoms with Crippen molar-refractivity contribution in [3.05, 3.63) is 27.8 Å². The maximum Gasteiger partial charge on any atom is 0.312 e. The molecule has 0 aliphatic heterocycles. The first kappa shape index (κ1) is 11.9. The van der Waals surface area contributed by atoms with Crippen LogP contribution in [0, 0.1) is 17.0 Å². The van der Waals surface area contributed by atoms with Gasteiger partial charge < -0.3 is 4.74 Å². The molecular weight excluding hydrogens is 242 g/mol. The van der Waals surface area contributed by atoms with Gasteiger partial charge in [-0.3, -0.25) is 10.1 Å². The monoisotopic (exact) mass is 249 g/mol. The zero-order valence-corrected chi connectivity index (χ0v) is 9.59. The second-order valence-electron chi connectivity index (χ2n) is 2.80. The highest BCUT2D eigenvalue weighted by atomic mass is 35.7. The van der Waals surface area contributed by atoms with Crippen LogP contribution in [0.25, 0.3) is 0 Å². The predicted molar refractivity (Wildman–Crippen MR) is 56.6 cm³/mol. The average Bonchev–Trinajstić information content (AvgIpc) is 2.16. The van der Waals surface area contributed by atoms with Crippen molar-refractivity contribution in [3.8, 4) is 5.75 Å². The maximum atomic E-state index is 11.1. The van der Waals surface area contributed by atoms with E-state index in [1.165, 1.54) is 19.2 Å². The van der Waals surface area contributed by atoms with Gasteiger partial charge in [0.05, 0.1) is 12.0 Å². The van der Waals surface area contributed by atoms with Crippen molar-refractivity contribution >= 4 is 26.4 Å². The summed E-state index contributed by atoms with van der Waals surface area (Å²) in [6.07, 6.45) is 0. The number of aryl methyl sites for hydroxylation is 1. The first-order valence-corrected chi connectivity index (χ1v) is 5.86. The molecule has 0 aliphatic rings. The molecule has 0 spiro atoms. The largest absolute Gasteiger partial charge is 0.489 e. The number of methoxy groups -OCH3 is 1. The minimum Gasteiger partial charge on any atom is -0.489 e. The lowest BCUT2D eigenvalue weighted by atomic mass is 10.2. The Kier molecular flexibility index (Phi) is 3.65. The van der Waals surface area contributed by atoms with Gasteiger partial charge >= 0.3 is 5.69 Å². The molecule has 1 rings (SSSR count). The summed E-state index contributed by atoms with van der Waals surface area (Å²) in [6.45, 7) is 1.65. The van der Waals surface area contributed by atoms with Gasteiger partial charge in [0.25, 0.3) is 0 Å². The number of nitrogens with zero attached hydrogens (tertiary/aromatic N) is 1. The number of nitro benzene ring substituents is 1. The van der Waals surface area contributed by atoms with Crippen molar-refractivity contribution < 1.29 is 13.9 Å². The second kappa shape index (κ2) is 4.59. The van der Waals surface area contributed by atoms with Crippen LogP contribution < -0.4 is 4.74 Å². The fourth-order valence-electron chi connectivity index (χ4n) is 1.18. The predicted octanol–water partition coefficient (Wildman–Crippen LogP) is 2.17. The first-order valence-electron chi connectivity index (χ1n) is 3.88. The second-order valence-corrected chi connectivity index (χ2v) is 4.52. The number of nitro groups is 1. The Balaban J connectivity index is 3.52. The molecule has 1 unspecified atom stereocenters. The smallest absolute Gasteiger partial charge is 0.312 e. The van der Waals surface area contributed by atoms with Crippen molar-refractivity contribution in [1.82, 2.24) is 0 Å². The molecule has 0 bridgehead atoms. The normalized spacial score (nSPS) is 12.2. The van der Waals surface area contributed by atoms with Crippen LogP contribution in [0.1, 0.15) is 5.56 Å². The van der Waals surface area contributed by atoms with E-state index in [0.29, 0.717) is 5.56 Å². The molecule has 7 heteroatoms. The van der Waals surface area contributed by atoms with Crippen LogP contribution in [0.5, 0.6) is 5.75 Å². The summed E-state index contributed by atoms with van der Waals surface area (Å²) in [6, 6.07) is 2.83. The molecule has 0 heterocycles. The quantitative estimate of drug-likeness (QED) is 0.468. The van der Waals surface area contributed by atoms with E-state index in [2.05, 4.69) is 0 Å². The molecule has 1 atom stereocenters. The zero-order chi connectivity index (χ0) is 11.6. The van der Waals surface area contributed by atoms with E-state index in [1.807, 2.05) is 0 Å². The summed E-state index contributed by atoms with van der Waals surface area (Å²) in [5.41, 5.74) is 0.369. The Morgan fingerprint density at radius 3 is 2.53 bits per heavy atom. The molecule has 0 N–H and O–H groups in total. The molecular formula is C8H8ClNO4S. The van der Waals surface area contributed by atoms with Crippen LogP contribution in [0.4, 0.5) is 5.69 Å². The van der Waals surface area contributed by atoms with Gasteiger partial charge in [-0.2, -0.15) is 0 Å². The Morgan fingerprint density at radius 1 is 1.53 bits per heavy atom. The van der Waals surface area contributed by atoms with Gasteiger partial charge in [0.2, 0.25) is 5.75 Å². The van der Waals surface area contributed by atoms with Crippen LogP contribution in [-0.4, -0.2) is 16.2 Å².